The lowest BCUT2D eigenvalue weighted by Gasteiger charge is -2.31. The van der Waals surface area contributed by atoms with E-state index in [4.69, 9.17) is 5.73 Å². The van der Waals surface area contributed by atoms with E-state index >= 15 is 0 Å². The number of para-hydroxylation sites is 1. The van der Waals surface area contributed by atoms with Crippen molar-refractivity contribution in [2.75, 3.05) is 6.54 Å². The van der Waals surface area contributed by atoms with Crippen LogP contribution in [-0.2, 0) is 46.4 Å². The molecule has 10 N–H and O–H groups in total. The van der Waals surface area contributed by atoms with E-state index in [1.165, 1.54) is 24.0 Å². The zero-order chi connectivity index (χ0) is 40.4. The molecule has 17 heteroatoms. The summed E-state index contributed by atoms with van der Waals surface area (Å²) in [6.45, 7) is 4.87. The molecule has 0 spiro atoms. The van der Waals surface area contributed by atoms with E-state index in [1.54, 1.807) is 32.2 Å². The van der Waals surface area contributed by atoms with Gasteiger partial charge in [0, 0.05) is 42.9 Å². The molecule has 6 atom stereocenters. The highest BCUT2D eigenvalue weighted by Gasteiger charge is 2.40. The Labute approximate surface area is 317 Å². The van der Waals surface area contributed by atoms with Gasteiger partial charge in [-0.1, -0.05) is 44.2 Å². The molecule has 3 aromatic rings. The van der Waals surface area contributed by atoms with Gasteiger partial charge in [-0.3, -0.25) is 28.8 Å². The third-order valence-corrected chi connectivity index (χ3v) is 9.48. The molecule has 55 heavy (non-hydrogen) atoms. The highest BCUT2D eigenvalue weighted by molar-refractivity contribution is 5.97. The molecule has 2 aromatic carbocycles. The number of benzene rings is 2. The zero-order valence-corrected chi connectivity index (χ0v) is 30.9. The number of amides is 5. The van der Waals surface area contributed by atoms with Gasteiger partial charge >= 0.3 is 11.9 Å². The number of aromatic nitrogens is 1. The number of carboxylic acid groups (broad SMARTS) is 2. The highest BCUT2D eigenvalue weighted by Crippen LogP contribution is 2.22. The predicted molar refractivity (Wildman–Crippen MR) is 199 cm³/mol. The molecule has 0 bridgehead atoms. The molecule has 0 saturated carbocycles. The van der Waals surface area contributed by atoms with Crippen molar-refractivity contribution in [3.63, 3.8) is 0 Å². The predicted octanol–water partition coefficient (Wildman–Crippen LogP) is 0.542. The fraction of sp³-hybridized carbons (Fsp3) is 0.447. The van der Waals surface area contributed by atoms with E-state index in [-0.39, 0.29) is 38.0 Å². The summed E-state index contributed by atoms with van der Waals surface area (Å²) in [5.41, 5.74) is 7.76. The lowest BCUT2D eigenvalue weighted by Crippen LogP contribution is -2.60. The standard InChI is InChI=1S/C38H49N7O10/c1-20(2)32(36(52)43-29(38(54)55)18-23-19-40-26-8-5-4-7-25(23)26)44-35(51)30-9-6-16-45(30)37(53)27(14-15-31(47)48)41-34(50)28(42-33(49)21(3)39)17-22-10-12-24(46)13-11-22/h4-5,7-8,10-13,19-21,27-30,32,40,46H,6,9,14-18,39H2,1-3H3,(H,41,50)(H,42,49)(H,43,52)(H,44,51)(H,47,48)(H,54,55)/t21-,27-,28-,29-,30-,32-/m0/s1. The Morgan fingerprint density at radius 1 is 0.836 bits per heavy atom. The molecule has 296 valence electrons. The van der Waals surface area contributed by atoms with Gasteiger partial charge in [0.15, 0.2) is 0 Å². The van der Waals surface area contributed by atoms with E-state index < -0.39 is 90.1 Å². The van der Waals surface area contributed by atoms with Crippen molar-refractivity contribution in [2.45, 2.75) is 95.5 Å². The first-order valence-electron chi connectivity index (χ1n) is 18.1. The number of phenols is 1. The second-order valence-electron chi connectivity index (χ2n) is 14.1. The molecule has 1 aliphatic rings. The number of likely N-dealkylation sites (tertiary alicyclic amines) is 1. The average molecular weight is 764 g/mol. The monoisotopic (exact) mass is 763 g/mol. The maximum Gasteiger partial charge on any atom is 0.326 e. The van der Waals surface area contributed by atoms with E-state index in [1.807, 2.05) is 24.3 Å². The number of nitrogens with one attached hydrogen (secondary N) is 5. The van der Waals surface area contributed by atoms with Gasteiger partial charge in [-0.2, -0.15) is 0 Å². The first kappa shape index (κ1) is 41.8. The number of carbonyl (C=O) groups is 7. The molecular formula is C38H49N7O10. The van der Waals surface area contributed by atoms with Gasteiger partial charge in [-0.15, -0.1) is 0 Å². The Morgan fingerprint density at radius 3 is 2.13 bits per heavy atom. The fourth-order valence-corrected chi connectivity index (χ4v) is 6.45. The molecular weight excluding hydrogens is 714 g/mol. The van der Waals surface area contributed by atoms with Crippen LogP contribution >= 0.6 is 0 Å². The molecule has 1 aliphatic heterocycles. The molecule has 1 saturated heterocycles. The summed E-state index contributed by atoms with van der Waals surface area (Å²) in [4.78, 5) is 95.7. The van der Waals surface area contributed by atoms with Gasteiger partial charge in [-0.05, 0) is 61.4 Å². The first-order valence-corrected chi connectivity index (χ1v) is 18.1. The molecule has 0 unspecified atom stereocenters. The Kier molecular flexibility index (Phi) is 14.3. The van der Waals surface area contributed by atoms with Gasteiger partial charge in [0.1, 0.15) is 36.0 Å². The van der Waals surface area contributed by atoms with Crippen molar-refractivity contribution in [3.05, 3.63) is 65.9 Å². The normalized spacial score (nSPS) is 16.7. The number of aromatic amines is 1. The smallest absolute Gasteiger partial charge is 0.326 e. The number of carbonyl (C=O) groups excluding carboxylic acids is 5. The summed E-state index contributed by atoms with van der Waals surface area (Å²) in [5, 5.41) is 40.3. The van der Waals surface area contributed by atoms with Crippen LogP contribution in [0.5, 0.6) is 5.75 Å². The van der Waals surface area contributed by atoms with Crippen LogP contribution in [0.3, 0.4) is 0 Å². The molecule has 5 amide bonds. The van der Waals surface area contributed by atoms with Crippen molar-refractivity contribution in [2.24, 2.45) is 11.7 Å². The number of hydrogen-bond acceptors (Lipinski definition) is 9. The second-order valence-corrected chi connectivity index (χ2v) is 14.1. The number of fused-ring (bicyclic) bond motifs is 1. The Morgan fingerprint density at radius 2 is 1.49 bits per heavy atom. The molecule has 1 aromatic heterocycles. The van der Waals surface area contributed by atoms with Crippen LogP contribution in [-0.4, -0.2) is 109 Å². The van der Waals surface area contributed by atoms with E-state index in [0.717, 1.165) is 10.9 Å². The van der Waals surface area contributed by atoms with Crippen LogP contribution in [0.2, 0.25) is 0 Å². The third kappa shape index (κ3) is 11.3. The molecule has 0 aliphatic carbocycles. The summed E-state index contributed by atoms with van der Waals surface area (Å²) in [6.07, 6.45) is 1.36. The number of carboxylic acids is 2. The van der Waals surface area contributed by atoms with E-state index in [0.29, 0.717) is 17.5 Å². The molecule has 1 fully saturated rings. The summed E-state index contributed by atoms with van der Waals surface area (Å²) < 4.78 is 0. The van der Waals surface area contributed by atoms with Crippen LogP contribution in [0.25, 0.3) is 10.9 Å². The quantitative estimate of drug-likeness (QED) is 0.0863. The highest BCUT2D eigenvalue weighted by atomic mass is 16.4. The Balaban J connectivity index is 1.49. The molecule has 0 radical (unpaired) electrons. The topological polar surface area (TPSA) is 273 Å². The maximum absolute atomic E-state index is 14.0. The van der Waals surface area contributed by atoms with Crippen LogP contribution < -0.4 is 27.0 Å². The summed E-state index contributed by atoms with van der Waals surface area (Å²) in [7, 11) is 0. The number of aromatic hydroxyl groups is 1. The van der Waals surface area contributed by atoms with Gasteiger partial charge in [0.2, 0.25) is 29.5 Å². The van der Waals surface area contributed by atoms with Crippen molar-refractivity contribution < 1.29 is 48.9 Å². The second kappa shape index (κ2) is 18.9. The minimum Gasteiger partial charge on any atom is -0.508 e. The van der Waals surface area contributed by atoms with Crippen molar-refractivity contribution >= 4 is 52.4 Å². The summed E-state index contributed by atoms with van der Waals surface area (Å²) in [6, 6.07) is 6.03. The van der Waals surface area contributed by atoms with Crippen LogP contribution in [0.4, 0.5) is 0 Å². The molecule has 17 nitrogen and oxygen atoms in total. The van der Waals surface area contributed by atoms with E-state index in [9.17, 15) is 48.9 Å². The maximum atomic E-state index is 14.0. The Hall–Kier alpha value is -5.97. The number of H-pyrrole nitrogens is 1. The van der Waals surface area contributed by atoms with Gasteiger partial charge in [-0.25, -0.2) is 4.79 Å². The Bertz CT molecular complexity index is 1880. The number of nitrogens with two attached hydrogens (primary N) is 1. The van der Waals surface area contributed by atoms with Crippen molar-refractivity contribution in [3.8, 4) is 5.75 Å². The number of phenolic OH excluding ortho intramolecular Hbond substituents is 1. The summed E-state index contributed by atoms with van der Waals surface area (Å²) in [5.74, 6) is -6.60. The largest absolute Gasteiger partial charge is 0.508 e. The van der Waals surface area contributed by atoms with Crippen molar-refractivity contribution in [1.82, 2.24) is 31.2 Å². The van der Waals surface area contributed by atoms with Crippen molar-refractivity contribution in [1.29, 1.82) is 0 Å². The van der Waals surface area contributed by atoms with E-state index in [2.05, 4.69) is 26.3 Å². The molecule has 2 heterocycles. The van der Waals surface area contributed by atoms with Gasteiger partial charge in [0.25, 0.3) is 0 Å². The van der Waals surface area contributed by atoms with Crippen LogP contribution in [0.1, 0.15) is 57.6 Å². The van der Waals surface area contributed by atoms with Crippen LogP contribution in [0.15, 0.2) is 54.7 Å². The molecule has 4 rings (SSSR count). The minimum absolute atomic E-state index is 0.0147. The van der Waals surface area contributed by atoms with Crippen LogP contribution in [0, 0.1) is 5.92 Å². The average Bonchev–Trinajstić information content (AvgIpc) is 3.79. The fourth-order valence-electron chi connectivity index (χ4n) is 6.45. The first-order chi connectivity index (χ1) is 26.0. The number of hydrogen-bond donors (Lipinski definition) is 9. The minimum atomic E-state index is -1.41. The lowest BCUT2D eigenvalue weighted by molar-refractivity contribution is -0.144. The lowest BCUT2D eigenvalue weighted by atomic mass is 10.0. The zero-order valence-electron chi connectivity index (χ0n) is 30.9. The number of nitrogens with zero attached hydrogens (tertiary/aromatic N) is 1. The number of rotatable bonds is 18. The third-order valence-electron chi connectivity index (χ3n) is 9.48. The summed E-state index contributed by atoms with van der Waals surface area (Å²) >= 11 is 0. The number of aliphatic carboxylic acids is 2. The SMILES string of the molecule is CC(C)[C@H](NC(=O)[C@@H]1CCCN1C(=O)[C@H](CCC(=O)O)NC(=O)[C@H](Cc1ccc(O)cc1)NC(=O)[C@H](C)N)C(=O)N[C@@H](Cc1c[nH]c2ccccc12)C(=O)O. The van der Waals surface area contributed by atoms with Gasteiger partial charge in [0.05, 0.1) is 6.04 Å². The van der Waals surface area contributed by atoms with Gasteiger partial charge < -0.3 is 52.2 Å².